The summed E-state index contributed by atoms with van der Waals surface area (Å²) in [6.07, 6.45) is 3.68. The van der Waals surface area contributed by atoms with Crippen LogP contribution in [0.1, 0.15) is 34.1 Å². The molecule has 2 bridgehead atoms. The van der Waals surface area contributed by atoms with Crippen molar-refractivity contribution in [2.45, 2.75) is 63.1 Å². The molecular weight excluding hydrogens is 352 g/mol. The SMILES string of the molecule is C=C1C(=O)OC2C1CC(O)C(C)(OC(=O)/C(C)=C/C)C13C=CC(C)(OO1)C23. The summed E-state index contributed by atoms with van der Waals surface area (Å²) in [4.78, 5) is 36.1. The molecule has 2 saturated heterocycles. The number of allylic oxidation sites excluding steroid dienone is 1. The Labute approximate surface area is 157 Å². The number of aliphatic hydroxyl groups excluding tert-OH is 1. The van der Waals surface area contributed by atoms with Gasteiger partial charge in [0.25, 0.3) is 0 Å². The Hall–Kier alpha value is -1.96. The molecule has 146 valence electrons. The van der Waals surface area contributed by atoms with E-state index in [9.17, 15) is 14.7 Å². The van der Waals surface area contributed by atoms with Gasteiger partial charge in [0.1, 0.15) is 11.7 Å². The van der Waals surface area contributed by atoms with Gasteiger partial charge in [-0.15, -0.1) is 0 Å². The maximum Gasteiger partial charge on any atom is 0.334 e. The fourth-order valence-electron chi connectivity index (χ4n) is 4.84. The Morgan fingerprint density at radius 1 is 1.37 bits per heavy atom. The van der Waals surface area contributed by atoms with E-state index in [1.807, 2.05) is 13.0 Å². The molecule has 7 unspecified atom stereocenters. The lowest BCUT2D eigenvalue weighted by atomic mass is 9.70. The second kappa shape index (κ2) is 5.53. The van der Waals surface area contributed by atoms with E-state index in [-0.39, 0.29) is 6.42 Å². The van der Waals surface area contributed by atoms with Crippen molar-refractivity contribution in [2.75, 3.05) is 0 Å². The molecule has 0 aromatic carbocycles. The minimum atomic E-state index is -1.44. The summed E-state index contributed by atoms with van der Waals surface area (Å²) in [7, 11) is 0. The van der Waals surface area contributed by atoms with Gasteiger partial charge in [-0.05, 0) is 40.2 Å². The van der Waals surface area contributed by atoms with Gasteiger partial charge in [0.05, 0.1) is 12.0 Å². The summed E-state index contributed by atoms with van der Waals surface area (Å²) in [5.41, 5.74) is -2.87. The molecule has 3 fully saturated rings. The first-order valence-electron chi connectivity index (χ1n) is 9.11. The second-order valence-electron chi connectivity index (χ2n) is 8.18. The highest BCUT2D eigenvalue weighted by molar-refractivity contribution is 5.91. The van der Waals surface area contributed by atoms with Crippen LogP contribution in [0.5, 0.6) is 0 Å². The summed E-state index contributed by atoms with van der Waals surface area (Å²) < 4.78 is 11.5. The van der Waals surface area contributed by atoms with Gasteiger partial charge >= 0.3 is 11.9 Å². The zero-order valence-corrected chi connectivity index (χ0v) is 15.9. The normalized spacial score (nSPS) is 48.1. The Morgan fingerprint density at radius 2 is 2.07 bits per heavy atom. The highest BCUT2D eigenvalue weighted by Gasteiger charge is 2.77. The van der Waals surface area contributed by atoms with Gasteiger partial charge in [-0.25, -0.2) is 19.4 Å². The van der Waals surface area contributed by atoms with E-state index in [4.69, 9.17) is 19.2 Å². The molecule has 0 aromatic heterocycles. The number of ether oxygens (including phenoxy) is 2. The van der Waals surface area contributed by atoms with Crippen LogP contribution in [0.2, 0.25) is 0 Å². The molecule has 7 heteroatoms. The molecule has 2 heterocycles. The monoisotopic (exact) mass is 376 g/mol. The maximum atomic E-state index is 12.6. The highest BCUT2D eigenvalue weighted by Crippen LogP contribution is 2.62. The minimum absolute atomic E-state index is 0.166. The molecule has 0 amide bonds. The molecule has 4 aliphatic rings. The predicted octanol–water partition coefficient (Wildman–Crippen LogP) is 1.76. The fourth-order valence-corrected chi connectivity index (χ4v) is 4.84. The number of fused-ring (bicyclic) bond motifs is 1. The van der Waals surface area contributed by atoms with Crippen LogP contribution in [-0.4, -0.2) is 46.1 Å². The molecule has 1 saturated carbocycles. The van der Waals surface area contributed by atoms with Crippen molar-refractivity contribution in [1.82, 2.24) is 0 Å². The average molecular weight is 376 g/mol. The van der Waals surface area contributed by atoms with Crippen molar-refractivity contribution in [3.8, 4) is 0 Å². The Morgan fingerprint density at radius 3 is 2.67 bits per heavy atom. The van der Waals surface area contributed by atoms with E-state index in [1.54, 1.807) is 32.9 Å². The van der Waals surface area contributed by atoms with E-state index in [1.165, 1.54) is 0 Å². The van der Waals surface area contributed by atoms with Crippen LogP contribution in [0.15, 0.2) is 36.0 Å². The summed E-state index contributed by atoms with van der Waals surface area (Å²) in [5.74, 6) is -1.93. The van der Waals surface area contributed by atoms with Crippen molar-refractivity contribution in [2.24, 2.45) is 11.8 Å². The molecule has 27 heavy (non-hydrogen) atoms. The summed E-state index contributed by atoms with van der Waals surface area (Å²) in [6.45, 7) is 10.7. The van der Waals surface area contributed by atoms with Crippen molar-refractivity contribution < 1.29 is 33.9 Å². The van der Waals surface area contributed by atoms with Gasteiger partial charge in [0.2, 0.25) is 0 Å². The Kier molecular flexibility index (Phi) is 3.77. The lowest BCUT2D eigenvalue weighted by molar-refractivity contribution is -0.366. The second-order valence-corrected chi connectivity index (χ2v) is 8.18. The molecule has 0 aromatic rings. The number of carbonyl (C=O) groups excluding carboxylic acids is 2. The van der Waals surface area contributed by atoms with E-state index < -0.39 is 52.8 Å². The van der Waals surface area contributed by atoms with E-state index in [0.29, 0.717) is 11.1 Å². The third kappa shape index (κ3) is 2.13. The van der Waals surface area contributed by atoms with Gasteiger partial charge in [0, 0.05) is 17.1 Å². The average Bonchev–Trinajstić information content (AvgIpc) is 3.18. The zero-order chi connectivity index (χ0) is 19.8. The molecule has 2 aliphatic heterocycles. The van der Waals surface area contributed by atoms with Gasteiger partial charge in [-0.2, -0.15) is 0 Å². The van der Waals surface area contributed by atoms with Crippen LogP contribution in [-0.2, 0) is 28.8 Å². The van der Waals surface area contributed by atoms with Crippen LogP contribution in [0.3, 0.4) is 0 Å². The van der Waals surface area contributed by atoms with Crippen LogP contribution in [0.4, 0.5) is 0 Å². The number of aliphatic hydroxyl groups is 1. The molecule has 7 atom stereocenters. The quantitative estimate of drug-likeness (QED) is 0.340. The maximum absolute atomic E-state index is 12.6. The molecular formula is C20H24O7. The highest BCUT2D eigenvalue weighted by atomic mass is 17.2. The predicted molar refractivity (Wildman–Crippen MR) is 93.0 cm³/mol. The van der Waals surface area contributed by atoms with E-state index >= 15 is 0 Å². The molecule has 0 spiro atoms. The number of hydrogen-bond acceptors (Lipinski definition) is 7. The lowest BCUT2D eigenvalue weighted by Crippen LogP contribution is -2.63. The number of carbonyl (C=O) groups is 2. The van der Waals surface area contributed by atoms with Gasteiger partial charge in [-0.3, -0.25) is 0 Å². The number of hydrogen-bond donors (Lipinski definition) is 1. The molecule has 0 radical (unpaired) electrons. The minimum Gasteiger partial charge on any atom is -0.458 e. The van der Waals surface area contributed by atoms with Crippen LogP contribution >= 0.6 is 0 Å². The molecule has 2 aliphatic carbocycles. The first kappa shape index (κ1) is 18.4. The first-order valence-corrected chi connectivity index (χ1v) is 9.11. The van der Waals surface area contributed by atoms with Crippen molar-refractivity contribution in [3.63, 3.8) is 0 Å². The van der Waals surface area contributed by atoms with Crippen molar-refractivity contribution >= 4 is 11.9 Å². The van der Waals surface area contributed by atoms with Gasteiger partial charge < -0.3 is 14.6 Å². The molecule has 7 nitrogen and oxygen atoms in total. The summed E-state index contributed by atoms with van der Waals surface area (Å²) in [6, 6.07) is 0. The molecule has 4 rings (SSSR count). The number of esters is 2. The van der Waals surface area contributed by atoms with Gasteiger partial charge in [0.15, 0.2) is 11.2 Å². The van der Waals surface area contributed by atoms with Gasteiger partial charge in [-0.1, -0.05) is 18.7 Å². The van der Waals surface area contributed by atoms with Crippen molar-refractivity contribution in [1.29, 1.82) is 0 Å². The lowest BCUT2D eigenvalue weighted by Gasteiger charge is -2.44. The standard InChI is InChI=1S/C20H24O7/c1-6-10(2)16(22)25-19(5)13(21)9-12-11(3)17(23)24-14(12)15-18(4)7-8-20(15,19)27-26-18/h6-8,12-15,21H,3,9H2,1-2,4-5H3/b10-6+. The molecule has 1 N–H and O–H groups in total. The van der Waals surface area contributed by atoms with Crippen molar-refractivity contribution in [3.05, 3.63) is 36.0 Å². The van der Waals surface area contributed by atoms with Crippen LogP contribution in [0, 0.1) is 11.8 Å². The first-order chi connectivity index (χ1) is 12.6. The number of rotatable bonds is 2. The smallest absolute Gasteiger partial charge is 0.334 e. The fraction of sp³-hybridized carbons (Fsp3) is 0.600. The van der Waals surface area contributed by atoms with Crippen LogP contribution < -0.4 is 0 Å². The summed E-state index contributed by atoms with van der Waals surface area (Å²) in [5, 5.41) is 11.1. The zero-order valence-electron chi connectivity index (χ0n) is 15.9. The van der Waals surface area contributed by atoms with E-state index in [2.05, 4.69) is 6.58 Å². The Bertz CT molecular complexity index is 798. The topological polar surface area (TPSA) is 91.3 Å². The largest absolute Gasteiger partial charge is 0.458 e. The Balaban J connectivity index is 1.85. The van der Waals surface area contributed by atoms with Crippen LogP contribution in [0.25, 0.3) is 0 Å². The third-order valence-corrected chi connectivity index (χ3v) is 6.73. The van der Waals surface area contributed by atoms with E-state index in [0.717, 1.165) is 0 Å². The summed E-state index contributed by atoms with van der Waals surface area (Å²) >= 11 is 0. The third-order valence-electron chi connectivity index (χ3n) is 6.73.